The minimum absolute atomic E-state index is 0.000922. The molecule has 1 aliphatic carbocycles. The fourth-order valence-corrected chi connectivity index (χ4v) is 4.93. The summed E-state index contributed by atoms with van der Waals surface area (Å²) in [5.41, 5.74) is 1.95. The van der Waals surface area contributed by atoms with Crippen molar-refractivity contribution in [3.8, 4) is 0 Å². The van der Waals surface area contributed by atoms with E-state index in [4.69, 9.17) is 0 Å². The number of ketones is 1. The normalized spacial score (nSPS) is 25.4. The van der Waals surface area contributed by atoms with Crippen LogP contribution in [0.1, 0.15) is 55.2 Å². The molecule has 0 saturated carbocycles. The predicted octanol–water partition coefficient (Wildman–Crippen LogP) is 2.39. The molecule has 20 heavy (non-hydrogen) atoms. The fraction of sp³-hybridized carbons (Fsp3) is 0.667. The second-order valence-corrected chi connectivity index (χ2v) is 9.21. The Morgan fingerprint density at radius 3 is 2.50 bits per heavy atom. The quantitative estimate of drug-likeness (QED) is 0.799. The number of nitrogens with zero attached hydrogens (tertiary/aromatic N) is 1. The van der Waals surface area contributed by atoms with Gasteiger partial charge in [0.1, 0.15) is 9.84 Å². The first-order chi connectivity index (χ1) is 9.27. The molecule has 1 aromatic heterocycles. The van der Waals surface area contributed by atoms with E-state index in [0.717, 1.165) is 17.7 Å². The molecule has 0 N–H and O–H groups in total. The van der Waals surface area contributed by atoms with E-state index in [-0.39, 0.29) is 28.7 Å². The third-order valence-corrected chi connectivity index (χ3v) is 6.24. The average Bonchev–Trinajstić information content (AvgIpc) is 2.71. The summed E-state index contributed by atoms with van der Waals surface area (Å²) in [6.07, 6.45) is 4.80. The summed E-state index contributed by atoms with van der Waals surface area (Å²) in [5.74, 6) is 0.752. The molecule has 0 atom stereocenters. The van der Waals surface area contributed by atoms with E-state index in [2.05, 4.69) is 18.4 Å². The standard InChI is InChI=1S/C15H21NO3S/c1-15(2)9-13-12(14(17)10-15)3-6-16(13)11-4-7-20(18,19)8-5-11/h3,6,11H,4-5,7-10H2,1-2H3. The number of fused-ring (bicyclic) bond motifs is 1. The van der Waals surface area contributed by atoms with E-state index in [1.54, 1.807) is 0 Å². The third kappa shape index (κ3) is 2.43. The summed E-state index contributed by atoms with van der Waals surface area (Å²) in [7, 11) is -2.84. The van der Waals surface area contributed by atoms with Gasteiger partial charge in [-0.25, -0.2) is 8.42 Å². The van der Waals surface area contributed by atoms with Gasteiger partial charge in [-0.05, 0) is 30.7 Å². The van der Waals surface area contributed by atoms with Gasteiger partial charge in [0.05, 0.1) is 11.5 Å². The van der Waals surface area contributed by atoms with Crippen molar-refractivity contribution in [2.24, 2.45) is 5.41 Å². The van der Waals surface area contributed by atoms with E-state index in [0.29, 0.717) is 19.3 Å². The first kappa shape index (κ1) is 13.9. The van der Waals surface area contributed by atoms with E-state index in [1.807, 2.05) is 12.3 Å². The first-order valence-corrected chi connectivity index (χ1v) is 9.03. The van der Waals surface area contributed by atoms with Crippen molar-refractivity contribution in [1.82, 2.24) is 4.57 Å². The van der Waals surface area contributed by atoms with Crippen LogP contribution in [-0.2, 0) is 16.3 Å². The second kappa shape index (κ2) is 4.45. The molecular formula is C15H21NO3S. The Labute approximate surface area is 120 Å². The molecule has 1 saturated heterocycles. The highest BCUT2D eigenvalue weighted by molar-refractivity contribution is 7.91. The van der Waals surface area contributed by atoms with Gasteiger partial charge in [0.15, 0.2) is 5.78 Å². The molecule has 0 amide bonds. The van der Waals surface area contributed by atoms with Crippen LogP contribution >= 0.6 is 0 Å². The van der Waals surface area contributed by atoms with Gasteiger partial charge in [-0.1, -0.05) is 13.8 Å². The second-order valence-electron chi connectivity index (χ2n) is 6.91. The lowest BCUT2D eigenvalue weighted by Crippen LogP contribution is -2.31. The topological polar surface area (TPSA) is 56.1 Å². The predicted molar refractivity (Wildman–Crippen MR) is 77.8 cm³/mol. The van der Waals surface area contributed by atoms with Gasteiger partial charge in [0.2, 0.25) is 0 Å². The Hall–Kier alpha value is -1.10. The first-order valence-electron chi connectivity index (χ1n) is 7.21. The SMILES string of the molecule is CC1(C)CC(=O)c2ccn(C3CCS(=O)(=O)CC3)c2C1. The lowest BCUT2D eigenvalue weighted by molar-refractivity contribution is 0.0909. The van der Waals surface area contributed by atoms with Gasteiger partial charge in [0, 0.05) is 29.9 Å². The summed E-state index contributed by atoms with van der Waals surface area (Å²) in [5, 5.41) is 0. The molecule has 0 spiro atoms. The van der Waals surface area contributed by atoms with Crippen molar-refractivity contribution >= 4 is 15.6 Å². The van der Waals surface area contributed by atoms with Crippen LogP contribution in [0.5, 0.6) is 0 Å². The summed E-state index contributed by atoms with van der Waals surface area (Å²) in [4.78, 5) is 12.2. The Morgan fingerprint density at radius 2 is 1.85 bits per heavy atom. The van der Waals surface area contributed by atoms with E-state index in [1.165, 1.54) is 0 Å². The van der Waals surface area contributed by atoms with Crippen LogP contribution in [0.3, 0.4) is 0 Å². The lowest BCUT2D eigenvalue weighted by Gasteiger charge is -2.32. The third-order valence-electron chi connectivity index (χ3n) is 4.53. The van der Waals surface area contributed by atoms with Crippen molar-refractivity contribution in [3.63, 3.8) is 0 Å². The van der Waals surface area contributed by atoms with Gasteiger partial charge in [0.25, 0.3) is 0 Å². The maximum Gasteiger partial charge on any atom is 0.165 e. The van der Waals surface area contributed by atoms with Crippen LogP contribution in [0.4, 0.5) is 0 Å². The average molecular weight is 295 g/mol. The number of rotatable bonds is 1. The zero-order valence-electron chi connectivity index (χ0n) is 12.1. The molecule has 0 aromatic carbocycles. The number of sulfone groups is 1. The highest BCUT2D eigenvalue weighted by Gasteiger charge is 2.35. The maximum atomic E-state index is 12.2. The molecule has 0 radical (unpaired) electrons. The molecule has 110 valence electrons. The molecule has 5 heteroatoms. The zero-order chi connectivity index (χ0) is 14.5. The van der Waals surface area contributed by atoms with E-state index >= 15 is 0 Å². The van der Waals surface area contributed by atoms with Gasteiger partial charge >= 0.3 is 0 Å². The zero-order valence-corrected chi connectivity index (χ0v) is 12.9. The van der Waals surface area contributed by atoms with Crippen LogP contribution in [-0.4, -0.2) is 30.3 Å². The van der Waals surface area contributed by atoms with Crippen molar-refractivity contribution < 1.29 is 13.2 Å². The number of hydrogen-bond donors (Lipinski definition) is 0. The van der Waals surface area contributed by atoms with E-state index in [9.17, 15) is 13.2 Å². The number of Topliss-reactive ketones (excluding diaryl/α,β-unsaturated/α-hetero) is 1. The summed E-state index contributed by atoms with van der Waals surface area (Å²) in [6.45, 7) is 4.24. The molecular weight excluding hydrogens is 274 g/mol. The number of aromatic nitrogens is 1. The Balaban J connectivity index is 1.92. The van der Waals surface area contributed by atoms with Crippen molar-refractivity contribution in [2.45, 2.75) is 45.6 Å². The number of carbonyl (C=O) groups excluding carboxylic acids is 1. The van der Waals surface area contributed by atoms with Gasteiger partial charge in [-0.3, -0.25) is 4.79 Å². The molecule has 2 heterocycles. The van der Waals surface area contributed by atoms with Gasteiger partial charge in [-0.15, -0.1) is 0 Å². The van der Waals surface area contributed by atoms with Crippen LogP contribution in [0.2, 0.25) is 0 Å². The van der Waals surface area contributed by atoms with Gasteiger partial charge in [-0.2, -0.15) is 0 Å². The maximum absolute atomic E-state index is 12.2. The minimum Gasteiger partial charge on any atom is -0.348 e. The van der Waals surface area contributed by atoms with Gasteiger partial charge < -0.3 is 4.57 Å². The highest BCUT2D eigenvalue weighted by Crippen LogP contribution is 2.37. The van der Waals surface area contributed by atoms with Crippen molar-refractivity contribution in [2.75, 3.05) is 11.5 Å². The monoisotopic (exact) mass is 295 g/mol. The molecule has 4 nitrogen and oxygen atoms in total. The Morgan fingerprint density at radius 1 is 1.20 bits per heavy atom. The lowest BCUT2D eigenvalue weighted by atomic mass is 9.76. The summed E-state index contributed by atoms with van der Waals surface area (Å²) < 4.78 is 25.3. The van der Waals surface area contributed by atoms with Crippen LogP contribution in [0.25, 0.3) is 0 Å². The highest BCUT2D eigenvalue weighted by atomic mass is 32.2. The number of hydrogen-bond acceptors (Lipinski definition) is 3. The molecule has 1 aromatic rings. The molecule has 3 rings (SSSR count). The molecule has 2 aliphatic rings. The van der Waals surface area contributed by atoms with Crippen LogP contribution < -0.4 is 0 Å². The van der Waals surface area contributed by atoms with E-state index < -0.39 is 9.84 Å². The Kier molecular flexibility index (Phi) is 3.08. The molecule has 1 aliphatic heterocycles. The van der Waals surface area contributed by atoms with Crippen LogP contribution in [0, 0.1) is 5.41 Å². The summed E-state index contributed by atoms with van der Waals surface area (Å²) >= 11 is 0. The van der Waals surface area contributed by atoms with Crippen LogP contribution in [0.15, 0.2) is 12.3 Å². The molecule has 0 bridgehead atoms. The smallest absolute Gasteiger partial charge is 0.165 e. The van der Waals surface area contributed by atoms with Crippen molar-refractivity contribution in [3.05, 3.63) is 23.5 Å². The Bertz CT molecular complexity index is 641. The molecule has 1 fully saturated rings. The summed E-state index contributed by atoms with van der Waals surface area (Å²) in [6, 6.07) is 2.14. The fourth-order valence-electron chi connectivity index (χ4n) is 3.46. The number of carbonyl (C=O) groups is 1. The van der Waals surface area contributed by atoms with Crippen molar-refractivity contribution in [1.29, 1.82) is 0 Å². The minimum atomic E-state index is -2.84. The largest absolute Gasteiger partial charge is 0.348 e. The molecule has 0 unspecified atom stereocenters.